The number of ether oxygens (including phenoxy) is 2. The van der Waals surface area contributed by atoms with Gasteiger partial charge >= 0.3 is 18.2 Å². The fraction of sp³-hybridized carbons (Fsp3) is 0.484. The number of halogens is 3. The Hall–Kier alpha value is -4.09. The molecule has 0 saturated carbocycles. The summed E-state index contributed by atoms with van der Waals surface area (Å²) < 4.78 is 48.6. The van der Waals surface area contributed by atoms with E-state index in [2.05, 4.69) is 16.0 Å². The fourth-order valence-electron chi connectivity index (χ4n) is 4.11. The van der Waals surface area contributed by atoms with Gasteiger partial charge in [0.05, 0.1) is 6.61 Å². The predicted octanol–water partition coefficient (Wildman–Crippen LogP) is 4.63. The molecule has 12 heteroatoms. The molecule has 0 radical (unpaired) electrons. The standard InChI is InChI=1S/C31H40F3N3O6/c1-5-42-28(40)23(17-12-18-31(32,33)34)35-26(38)24(19-21-13-8-6-9-14-21)36-27(39)25(20-22-15-10-7-11-16-22)37-29(41)43-30(2,3)4/h6-11,13-16,23-25H,5,12,17-20H2,1-4H3,(H,35,38)(H,36,39)(H,37,41). The molecule has 0 aliphatic rings. The van der Waals surface area contributed by atoms with Crippen LogP contribution in [0, 0.1) is 0 Å². The normalized spacial score (nSPS) is 13.7. The summed E-state index contributed by atoms with van der Waals surface area (Å²) in [4.78, 5) is 52.2. The van der Waals surface area contributed by atoms with Gasteiger partial charge in [-0.15, -0.1) is 0 Å². The van der Waals surface area contributed by atoms with E-state index in [1.165, 1.54) is 6.92 Å². The van der Waals surface area contributed by atoms with Crippen molar-refractivity contribution in [1.82, 2.24) is 16.0 Å². The van der Waals surface area contributed by atoms with Gasteiger partial charge in [-0.05, 0) is 51.7 Å². The van der Waals surface area contributed by atoms with Crippen LogP contribution in [-0.2, 0) is 36.7 Å². The number of carbonyl (C=O) groups excluding carboxylic acids is 4. The quantitative estimate of drug-likeness (QED) is 0.269. The van der Waals surface area contributed by atoms with Gasteiger partial charge in [0.15, 0.2) is 0 Å². The smallest absolute Gasteiger partial charge is 0.408 e. The van der Waals surface area contributed by atoms with Crippen molar-refractivity contribution in [2.45, 2.75) is 89.7 Å². The van der Waals surface area contributed by atoms with Gasteiger partial charge in [-0.1, -0.05) is 60.7 Å². The largest absolute Gasteiger partial charge is 0.464 e. The maximum atomic E-state index is 13.6. The lowest BCUT2D eigenvalue weighted by molar-refractivity contribution is -0.149. The molecule has 0 spiro atoms. The van der Waals surface area contributed by atoms with Crippen LogP contribution in [0.5, 0.6) is 0 Å². The predicted molar refractivity (Wildman–Crippen MR) is 154 cm³/mol. The van der Waals surface area contributed by atoms with Crippen LogP contribution in [-0.4, -0.2) is 60.4 Å². The van der Waals surface area contributed by atoms with Crippen molar-refractivity contribution in [3.05, 3.63) is 71.8 Å². The molecule has 9 nitrogen and oxygen atoms in total. The molecular formula is C31H40F3N3O6. The molecule has 3 amide bonds. The van der Waals surface area contributed by atoms with E-state index in [1.54, 1.807) is 81.4 Å². The number of hydrogen-bond donors (Lipinski definition) is 3. The summed E-state index contributed by atoms with van der Waals surface area (Å²) in [5.74, 6) is -2.37. The second-order valence-electron chi connectivity index (χ2n) is 11.0. The highest BCUT2D eigenvalue weighted by Gasteiger charge is 2.33. The van der Waals surface area contributed by atoms with Crippen molar-refractivity contribution in [1.29, 1.82) is 0 Å². The van der Waals surface area contributed by atoms with E-state index in [9.17, 15) is 32.3 Å². The van der Waals surface area contributed by atoms with Crippen LogP contribution in [0.15, 0.2) is 60.7 Å². The number of carbonyl (C=O) groups is 4. The van der Waals surface area contributed by atoms with Crippen molar-refractivity contribution in [2.24, 2.45) is 0 Å². The van der Waals surface area contributed by atoms with Crippen LogP contribution in [0.25, 0.3) is 0 Å². The number of alkyl halides is 3. The van der Waals surface area contributed by atoms with Crippen LogP contribution < -0.4 is 16.0 Å². The first kappa shape index (κ1) is 35.1. The highest BCUT2D eigenvalue weighted by Crippen LogP contribution is 2.23. The highest BCUT2D eigenvalue weighted by molar-refractivity contribution is 5.93. The molecule has 0 heterocycles. The first-order valence-electron chi connectivity index (χ1n) is 14.1. The van der Waals surface area contributed by atoms with E-state index in [0.29, 0.717) is 5.56 Å². The average molecular weight is 608 g/mol. The minimum atomic E-state index is -4.43. The molecule has 0 aromatic heterocycles. The van der Waals surface area contributed by atoms with Gasteiger partial charge in [0.1, 0.15) is 23.7 Å². The molecule has 0 aliphatic heterocycles. The minimum absolute atomic E-state index is 0.000996. The molecule has 3 unspecified atom stereocenters. The third-order valence-corrected chi connectivity index (χ3v) is 6.05. The van der Waals surface area contributed by atoms with Crippen LogP contribution in [0.1, 0.15) is 58.1 Å². The average Bonchev–Trinajstić information content (AvgIpc) is 2.91. The number of nitrogens with one attached hydrogen (secondary N) is 3. The lowest BCUT2D eigenvalue weighted by Gasteiger charge is -2.26. The molecule has 43 heavy (non-hydrogen) atoms. The van der Waals surface area contributed by atoms with E-state index in [0.717, 1.165) is 5.56 Å². The zero-order valence-corrected chi connectivity index (χ0v) is 24.8. The SMILES string of the molecule is CCOC(=O)C(CCCC(F)(F)F)NC(=O)C(Cc1ccccc1)NC(=O)C(Cc1ccccc1)NC(=O)OC(C)(C)C. The van der Waals surface area contributed by atoms with Gasteiger partial charge in [0, 0.05) is 19.3 Å². The topological polar surface area (TPSA) is 123 Å². The van der Waals surface area contributed by atoms with E-state index < -0.39 is 66.6 Å². The lowest BCUT2D eigenvalue weighted by Crippen LogP contribution is -2.57. The number of hydrogen-bond acceptors (Lipinski definition) is 6. The van der Waals surface area contributed by atoms with Gasteiger partial charge in [-0.2, -0.15) is 13.2 Å². The molecule has 2 aromatic carbocycles. The lowest BCUT2D eigenvalue weighted by atomic mass is 10.0. The zero-order chi connectivity index (χ0) is 32.0. The van der Waals surface area contributed by atoms with Crippen molar-refractivity contribution in [3.63, 3.8) is 0 Å². The van der Waals surface area contributed by atoms with Crippen LogP contribution >= 0.6 is 0 Å². The summed E-state index contributed by atoms with van der Waals surface area (Å²) in [5.41, 5.74) is 0.573. The minimum Gasteiger partial charge on any atom is -0.464 e. The number of rotatable bonds is 14. The van der Waals surface area contributed by atoms with E-state index in [1.807, 2.05) is 0 Å². The summed E-state index contributed by atoms with van der Waals surface area (Å²) in [6.07, 6.45) is -7.05. The van der Waals surface area contributed by atoms with Crippen LogP contribution in [0.3, 0.4) is 0 Å². The van der Waals surface area contributed by atoms with Gasteiger partial charge in [-0.3, -0.25) is 9.59 Å². The third kappa shape index (κ3) is 14.1. The number of esters is 1. The molecular weight excluding hydrogens is 567 g/mol. The summed E-state index contributed by atoms with van der Waals surface area (Å²) in [6, 6.07) is 13.9. The Bertz CT molecular complexity index is 1190. The second kappa shape index (κ2) is 16.5. The number of alkyl carbamates (subject to hydrolysis) is 1. The van der Waals surface area contributed by atoms with Gasteiger partial charge in [0.2, 0.25) is 11.8 Å². The first-order valence-corrected chi connectivity index (χ1v) is 14.1. The van der Waals surface area contributed by atoms with E-state index in [-0.39, 0.29) is 25.9 Å². The van der Waals surface area contributed by atoms with Crippen LogP contribution in [0.4, 0.5) is 18.0 Å². The van der Waals surface area contributed by atoms with Gasteiger partial charge in [-0.25, -0.2) is 9.59 Å². The molecule has 0 saturated heterocycles. The molecule has 0 aliphatic carbocycles. The maximum absolute atomic E-state index is 13.6. The Morgan fingerprint density at radius 1 is 0.744 bits per heavy atom. The van der Waals surface area contributed by atoms with Crippen molar-refractivity contribution in [3.8, 4) is 0 Å². The molecule has 3 atom stereocenters. The highest BCUT2D eigenvalue weighted by atomic mass is 19.4. The monoisotopic (exact) mass is 607 g/mol. The zero-order valence-electron chi connectivity index (χ0n) is 24.8. The summed E-state index contributed by atoms with van der Waals surface area (Å²) in [7, 11) is 0. The van der Waals surface area contributed by atoms with E-state index >= 15 is 0 Å². The van der Waals surface area contributed by atoms with Crippen molar-refractivity contribution >= 4 is 23.9 Å². The molecule has 0 fully saturated rings. The second-order valence-corrected chi connectivity index (χ2v) is 11.0. The van der Waals surface area contributed by atoms with Gasteiger partial charge in [0.25, 0.3) is 0 Å². The molecule has 2 rings (SSSR count). The Morgan fingerprint density at radius 2 is 1.21 bits per heavy atom. The fourth-order valence-corrected chi connectivity index (χ4v) is 4.11. The van der Waals surface area contributed by atoms with Crippen molar-refractivity contribution in [2.75, 3.05) is 6.61 Å². The number of benzene rings is 2. The number of amides is 3. The Labute approximate surface area is 249 Å². The van der Waals surface area contributed by atoms with Gasteiger partial charge < -0.3 is 25.4 Å². The maximum Gasteiger partial charge on any atom is 0.408 e. The van der Waals surface area contributed by atoms with Crippen LogP contribution in [0.2, 0.25) is 0 Å². The molecule has 2 aromatic rings. The van der Waals surface area contributed by atoms with E-state index in [4.69, 9.17) is 9.47 Å². The molecule has 0 bridgehead atoms. The van der Waals surface area contributed by atoms with Crippen molar-refractivity contribution < 1.29 is 41.8 Å². The first-order chi connectivity index (χ1) is 20.2. The molecule has 236 valence electrons. The third-order valence-electron chi connectivity index (χ3n) is 6.05. The summed E-state index contributed by atoms with van der Waals surface area (Å²) >= 11 is 0. The summed E-state index contributed by atoms with van der Waals surface area (Å²) in [6.45, 7) is 6.52. The Morgan fingerprint density at radius 3 is 1.65 bits per heavy atom. The Balaban J connectivity index is 2.30. The Kier molecular flexibility index (Phi) is 13.5. The molecule has 3 N–H and O–H groups in total. The summed E-state index contributed by atoms with van der Waals surface area (Å²) in [5, 5.41) is 7.69.